The van der Waals surface area contributed by atoms with E-state index in [0.29, 0.717) is 19.7 Å². The lowest BCUT2D eigenvalue weighted by atomic mass is 10.1. The van der Waals surface area contributed by atoms with Crippen LogP contribution >= 0.6 is 0 Å². The summed E-state index contributed by atoms with van der Waals surface area (Å²) in [6, 6.07) is 0. The zero-order valence-electron chi connectivity index (χ0n) is 9.19. The molecule has 0 radical (unpaired) electrons. The van der Waals surface area contributed by atoms with Crippen molar-refractivity contribution in [3.63, 3.8) is 0 Å². The Bertz CT molecular complexity index is 228. The quantitative estimate of drug-likeness (QED) is 0.547. The van der Waals surface area contributed by atoms with Gasteiger partial charge >= 0.3 is 5.97 Å². The van der Waals surface area contributed by atoms with Gasteiger partial charge in [0.1, 0.15) is 0 Å². The Morgan fingerprint density at radius 2 is 2.47 bits per heavy atom. The summed E-state index contributed by atoms with van der Waals surface area (Å²) in [5.74, 6) is -0.296. The summed E-state index contributed by atoms with van der Waals surface area (Å²) in [6.07, 6.45) is 4.93. The van der Waals surface area contributed by atoms with Gasteiger partial charge in [-0.25, -0.2) is 4.79 Å². The Balaban J connectivity index is 2.20. The first-order valence-corrected chi connectivity index (χ1v) is 5.46. The van der Waals surface area contributed by atoms with E-state index in [-0.39, 0.29) is 12.1 Å². The molecule has 0 amide bonds. The van der Waals surface area contributed by atoms with Gasteiger partial charge in [0, 0.05) is 19.2 Å². The molecule has 1 saturated heterocycles. The van der Waals surface area contributed by atoms with Crippen molar-refractivity contribution in [1.82, 2.24) is 4.90 Å². The molecular weight excluding hydrogens is 194 g/mol. The lowest BCUT2D eigenvalue weighted by Gasteiger charge is -2.28. The van der Waals surface area contributed by atoms with Crippen LogP contribution in [0.2, 0.25) is 0 Å². The molecule has 4 nitrogen and oxygen atoms in total. The summed E-state index contributed by atoms with van der Waals surface area (Å²) in [6.45, 7) is 4.59. The largest absolute Gasteiger partial charge is 0.463 e. The highest BCUT2D eigenvalue weighted by Gasteiger charge is 2.15. The second-order valence-electron chi connectivity index (χ2n) is 3.71. The molecule has 0 saturated carbocycles. The summed E-state index contributed by atoms with van der Waals surface area (Å²) in [7, 11) is 0. The van der Waals surface area contributed by atoms with E-state index in [4.69, 9.17) is 4.74 Å². The first kappa shape index (κ1) is 12.2. The highest BCUT2D eigenvalue weighted by atomic mass is 16.5. The number of carbonyl (C=O) groups excluding carboxylic acids is 1. The summed E-state index contributed by atoms with van der Waals surface area (Å²) >= 11 is 0. The van der Waals surface area contributed by atoms with Crippen LogP contribution in [0.3, 0.4) is 0 Å². The van der Waals surface area contributed by atoms with E-state index in [0.717, 1.165) is 19.4 Å². The maximum atomic E-state index is 11.0. The molecule has 86 valence electrons. The number of nitrogens with zero attached hydrogens (tertiary/aromatic N) is 1. The van der Waals surface area contributed by atoms with Gasteiger partial charge in [-0.3, -0.25) is 4.90 Å². The van der Waals surface area contributed by atoms with Crippen molar-refractivity contribution in [2.75, 3.05) is 26.2 Å². The summed E-state index contributed by atoms with van der Waals surface area (Å²) in [4.78, 5) is 13.1. The maximum absolute atomic E-state index is 11.0. The number of aliphatic hydroxyl groups is 1. The molecule has 1 fully saturated rings. The van der Waals surface area contributed by atoms with Crippen molar-refractivity contribution in [2.45, 2.75) is 25.9 Å². The predicted molar refractivity (Wildman–Crippen MR) is 57.5 cm³/mol. The van der Waals surface area contributed by atoms with Crippen LogP contribution in [0.5, 0.6) is 0 Å². The number of hydrogen-bond acceptors (Lipinski definition) is 4. The average molecular weight is 213 g/mol. The number of β-amino-alcohol motifs (C(OH)–C–C–N with tert-alkyl or cyclic N) is 1. The van der Waals surface area contributed by atoms with Crippen molar-refractivity contribution in [3.8, 4) is 0 Å². The normalized spacial score (nSPS) is 23.2. The van der Waals surface area contributed by atoms with Gasteiger partial charge in [-0.15, -0.1) is 0 Å². The fourth-order valence-electron chi connectivity index (χ4n) is 1.69. The predicted octanol–water partition coefficient (Wildman–Crippen LogP) is 0.562. The monoisotopic (exact) mass is 213 g/mol. The topological polar surface area (TPSA) is 49.8 Å². The molecule has 1 aliphatic heterocycles. The Kier molecular flexibility index (Phi) is 5.36. The highest BCUT2D eigenvalue weighted by Crippen LogP contribution is 2.08. The fourth-order valence-corrected chi connectivity index (χ4v) is 1.69. The number of hydrogen-bond donors (Lipinski definition) is 1. The Labute approximate surface area is 90.5 Å². The lowest BCUT2D eigenvalue weighted by molar-refractivity contribution is -0.137. The Morgan fingerprint density at radius 1 is 1.67 bits per heavy atom. The molecular formula is C11H19NO3. The molecule has 0 aromatic carbocycles. The first-order chi connectivity index (χ1) is 7.22. The molecule has 1 N–H and O–H groups in total. The van der Waals surface area contributed by atoms with Gasteiger partial charge in [0.15, 0.2) is 0 Å². The third kappa shape index (κ3) is 4.95. The molecule has 0 aliphatic carbocycles. The maximum Gasteiger partial charge on any atom is 0.330 e. The number of piperidine rings is 1. The zero-order chi connectivity index (χ0) is 11.1. The van der Waals surface area contributed by atoms with E-state index < -0.39 is 0 Å². The van der Waals surface area contributed by atoms with E-state index >= 15 is 0 Å². The van der Waals surface area contributed by atoms with E-state index in [1.54, 1.807) is 13.0 Å². The molecule has 1 heterocycles. The molecule has 1 unspecified atom stereocenters. The van der Waals surface area contributed by atoms with Crippen LogP contribution in [-0.4, -0.2) is 48.3 Å². The SMILES string of the molecule is CCOC(=O)/C=C/CN1CCCC(O)C1. The van der Waals surface area contributed by atoms with Gasteiger partial charge in [0.05, 0.1) is 12.7 Å². The molecule has 0 aromatic rings. The van der Waals surface area contributed by atoms with E-state index in [2.05, 4.69) is 4.90 Å². The van der Waals surface area contributed by atoms with Crippen LogP contribution in [0, 0.1) is 0 Å². The summed E-state index contributed by atoms with van der Waals surface area (Å²) in [5.41, 5.74) is 0. The van der Waals surface area contributed by atoms with Crippen LogP contribution in [0.25, 0.3) is 0 Å². The summed E-state index contributed by atoms with van der Waals surface area (Å²) in [5, 5.41) is 9.41. The van der Waals surface area contributed by atoms with E-state index in [9.17, 15) is 9.90 Å². The molecule has 1 atom stereocenters. The van der Waals surface area contributed by atoms with E-state index in [1.807, 2.05) is 0 Å². The van der Waals surface area contributed by atoms with Gasteiger partial charge < -0.3 is 9.84 Å². The number of carbonyl (C=O) groups is 1. The van der Waals surface area contributed by atoms with Crippen molar-refractivity contribution < 1.29 is 14.6 Å². The van der Waals surface area contributed by atoms with Crippen LogP contribution < -0.4 is 0 Å². The third-order valence-electron chi connectivity index (χ3n) is 2.38. The van der Waals surface area contributed by atoms with Crippen molar-refractivity contribution in [3.05, 3.63) is 12.2 Å². The van der Waals surface area contributed by atoms with Gasteiger partial charge in [-0.1, -0.05) is 6.08 Å². The van der Waals surface area contributed by atoms with Crippen LogP contribution in [0.15, 0.2) is 12.2 Å². The second-order valence-corrected chi connectivity index (χ2v) is 3.71. The second kappa shape index (κ2) is 6.58. The molecule has 0 aromatic heterocycles. The number of esters is 1. The molecule has 1 rings (SSSR count). The molecule has 0 bridgehead atoms. The van der Waals surface area contributed by atoms with Crippen molar-refractivity contribution >= 4 is 5.97 Å². The highest BCUT2D eigenvalue weighted by molar-refractivity contribution is 5.81. The fraction of sp³-hybridized carbons (Fsp3) is 0.727. The average Bonchev–Trinajstić information content (AvgIpc) is 2.18. The minimum absolute atomic E-state index is 0.213. The van der Waals surface area contributed by atoms with Gasteiger partial charge in [0.25, 0.3) is 0 Å². The zero-order valence-corrected chi connectivity index (χ0v) is 9.19. The van der Waals surface area contributed by atoms with Crippen molar-refractivity contribution in [2.24, 2.45) is 0 Å². The summed E-state index contributed by atoms with van der Waals surface area (Å²) < 4.78 is 4.76. The molecule has 0 spiro atoms. The van der Waals surface area contributed by atoms with Crippen molar-refractivity contribution in [1.29, 1.82) is 0 Å². The van der Waals surface area contributed by atoms with Crippen LogP contribution in [0.1, 0.15) is 19.8 Å². The van der Waals surface area contributed by atoms with Gasteiger partial charge in [-0.05, 0) is 26.3 Å². The number of ether oxygens (including phenoxy) is 1. The Morgan fingerprint density at radius 3 is 3.13 bits per heavy atom. The van der Waals surface area contributed by atoms with Gasteiger partial charge in [-0.2, -0.15) is 0 Å². The van der Waals surface area contributed by atoms with E-state index in [1.165, 1.54) is 6.08 Å². The van der Waals surface area contributed by atoms with Crippen LogP contribution in [-0.2, 0) is 9.53 Å². The number of rotatable bonds is 4. The lowest BCUT2D eigenvalue weighted by Crippen LogP contribution is -2.38. The minimum Gasteiger partial charge on any atom is -0.463 e. The molecule has 4 heteroatoms. The Hall–Kier alpha value is -0.870. The number of aliphatic hydroxyl groups excluding tert-OH is 1. The smallest absolute Gasteiger partial charge is 0.330 e. The number of likely N-dealkylation sites (tertiary alicyclic amines) is 1. The van der Waals surface area contributed by atoms with Crippen LogP contribution in [0.4, 0.5) is 0 Å². The standard InChI is InChI=1S/C11H19NO3/c1-2-15-11(14)6-4-8-12-7-3-5-10(13)9-12/h4,6,10,13H,2-3,5,7-9H2,1H3/b6-4+. The molecule has 15 heavy (non-hydrogen) atoms. The minimum atomic E-state index is -0.296. The van der Waals surface area contributed by atoms with Gasteiger partial charge in [0.2, 0.25) is 0 Å². The third-order valence-corrected chi connectivity index (χ3v) is 2.38. The molecule has 1 aliphatic rings. The first-order valence-electron chi connectivity index (χ1n) is 5.46.